The lowest BCUT2D eigenvalue weighted by Gasteiger charge is -2.03. The lowest BCUT2D eigenvalue weighted by atomic mass is 10.3. The molecule has 0 amide bonds. The molecule has 0 rings (SSSR count). The van der Waals surface area contributed by atoms with Crippen LogP contribution in [0.1, 0.15) is 13.8 Å². The van der Waals surface area contributed by atoms with E-state index < -0.39 is 0 Å². The van der Waals surface area contributed by atoms with Gasteiger partial charge < -0.3 is 16.2 Å². The lowest BCUT2D eigenvalue weighted by molar-refractivity contribution is 0.275. The Morgan fingerprint density at radius 3 is 2.71 bits per heavy atom. The number of allylic oxidation sites excluding steroid dienone is 1. The van der Waals surface area contributed by atoms with Crippen LogP contribution in [0.3, 0.4) is 0 Å². The largest absolute Gasteiger partial charge is 0.394 e. The van der Waals surface area contributed by atoms with Gasteiger partial charge in [-0.15, -0.1) is 0 Å². The molecule has 0 aliphatic heterocycles. The first-order valence-corrected chi connectivity index (χ1v) is 4.42. The number of hydrogen-bond donors (Lipinski definition) is 3. The minimum absolute atomic E-state index is 0.0405. The van der Waals surface area contributed by atoms with Gasteiger partial charge in [0.1, 0.15) is 5.82 Å². The normalized spacial score (nSPS) is 16.0. The van der Waals surface area contributed by atoms with E-state index in [9.17, 15) is 0 Å². The molecule has 5 heteroatoms. The van der Waals surface area contributed by atoms with E-state index in [1.54, 1.807) is 13.3 Å². The fraction of sp³-hybridized carbons (Fsp3) is 0.556. The molecule has 0 unspecified atom stereocenters. The van der Waals surface area contributed by atoms with Crippen LogP contribution < -0.4 is 11.1 Å². The first kappa shape index (κ1) is 12.6. The second kappa shape index (κ2) is 7.08. The smallest absolute Gasteiger partial charge is 0.131 e. The molecular formula is C9H18N4O. The molecule has 0 radical (unpaired) electrons. The highest BCUT2D eigenvalue weighted by molar-refractivity contribution is 5.79. The number of aliphatic imine (C=N–C) groups is 2. The van der Waals surface area contributed by atoms with Crippen molar-refractivity contribution in [3.05, 3.63) is 11.4 Å². The average Bonchev–Trinajstić information content (AvgIpc) is 2.21. The van der Waals surface area contributed by atoms with E-state index in [4.69, 9.17) is 10.8 Å². The van der Waals surface area contributed by atoms with Crippen molar-refractivity contribution in [2.45, 2.75) is 19.9 Å². The number of aliphatic hydroxyl groups is 1. The quantitative estimate of drug-likeness (QED) is 0.425. The zero-order chi connectivity index (χ0) is 11.0. The van der Waals surface area contributed by atoms with Crippen molar-refractivity contribution in [1.29, 1.82) is 0 Å². The van der Waals surface area contributed by atoms with E-state index in [-0.39, 0.29) is 12.6 Å². The monoisotopic (exact) mass is 198 g/mol. The molecule has 0 saturated carbocycles. The number of nitrogens with one attached hydrogen (secondary N) is 1. The van der Waals surface area contributed by atoms with Crippen molar-refractivity contribution < 1.29 is 5.11 Å². The van der Waals surface area contributed by atoms with Crippen molar-refractivity contribution in [2.24, 2.45) is 15.7 Å². The summed E-state index contributed by atoms with van der Waals surface area (Å²) in [5, 5.41) is 11.6. The van der Waals surface area contributed by atoms with Crippen molar-refractivity contribution >= 4 is 12.6 Å². The van der Waals surface area contributed by atoms with Gasteiger partial charge in [-0.2, -0.15) is 0 Å². The molecule has 0 aromatic heterocycles. The van der Waals surface area contributed by atoms with Gasteiger partial charge in [-0.25, -0.2) is 4.99 Å². The van der Waals surface area contributed by atoms with Crippen LogP contribution in [0.5, 0.6) is 0 Å². The van der Waals surface area contributed by atoms with Gasteiger partial charge in [0.25, 0.3) is 0 Å². The number of aliphatic hydroxyl groups excluding tert-OH is 1. The van der Waals surface area contributed by atoms with E-state index in [0.717, 1.165) is 5.57 Å². The summed E-state index contributed by atoms with van der Waals surface area (Å²) in [6.45, 7) is 3.74. The van der Waals surface area contributed by atoms with Crippen LogP contribution in [-0.4, -0.2) is 37.4 Å². The lowest BCUT2D eigenvalue weighted by Crippen LogP contribution is -2.10. The van der Waals surface area contributed by atoms with Crippen LogP contribution in [0, 0.1) is 0 Å². The first-order valence-electron chi connectivity index (χ1n) is 4.42. The Balaban J connectivity index is 4.54. The van der Waals surface area contributed by atoms with Gasteiger partial charge in [0.2, 0.25) is 0 Å². The molecule has 1 atom stereocenters. The Hall–Kier alpha value is -1.36. The Morgan fingerprint density at radius 2 is 2.29 bits per heavy atom. The number of hydrogen-bond acceptors (Lipinski definition) is 4. The molecule has 0 heterocycles. The Kier molecular flexibility index (Phi) is 6.39. The number of rotatable bonds is 5. The number of nitrogens with zero attached hydrogens (tertiary/aromatic N) is 2. The van der Waals surface area contributed by atoms with E-state index >= 15 is 0 Å². The third kappa shape index (κ3) is 4.61. The van der Waals surface area contributed by atoms with Gasteiger partial charge in [-0.3, -0.25) is 4.99 Å². The zero-order valence-corrected chi connectivity index (χ0v) is 8.86. The summed E-state index contributed by atoms with van der Waals surface area (Å²) >= 11 is 0. The predicted molar refractivity (Wildman–Crippen MR) is 59.5 cm³/mol. The fourth-order valence-corrected chi connectivity index (χ4v) is 0.785. The van der Waals surface area contributed by atoms with Crippen molar-refractivity contribution in [2.75, 3.05) is 13.7 Å². The van der Waals surface area contributed by atoms with Crippen molar-refractivity contribution in [3.63, 3.8) is 0 Å². The standard InChI is InChI=1S/C9H18N4O/c1-7(4-12-8(2)5-14)9(11-3)13-6-10/h4,6,8,11,14H,5H2,1-3H3,(H2,10,13)/t8-/m1/s1. The van der Waals surface area contributed by atoms with Gasteiger partial charge in [-0.05, 0) is 13.8 Å². The Morgan fingerprint density at radius 1 is 1.64 bits per heavy atom. The molecule has 0 bridgehead atoms. The van der Waals surface area contributed by atoms with Gasteiger partial charge in [0, 0.05) is 18.8 Å². The first-order chi connectivity index (χ1) is 6.65. The van der Waals surface area contributed by atoms with Crippen LogP contribution in [0.15, 0.2) is 21.4 Å². The highest BCUT2D eigenvalue weighted by atomic mass is 16.3. The molecule has 0 aliphatic rings. The predicted octanol–water partition coefficient (Wildman–Crippen LogP) is -0.124. The number of nitrogens with two attached hydrogens (primary N) is 1. The van der Waals surface area contributed by atoms with Gasteiger partial charge in [0.15, 0.2) is 0 Å². The van der Waals surface area contributed by atoms with Crippen LogP contribution in [0.25, 0.3) is 0 Å². The van der Waals surface area contributed by atoms with Gasteiger partial charge in [0.05, 0.1) is 19.0 Å². The Labute approximate surface area is 84.4 Å². The van der Waals surface area contributed by atoms with Crippen LogP contribution in [-0.2, 0) is 0 Å². The summed E-state index contributed by atoms with van der Waals surface area (Å²) in [6, 6.07) is -0.0927. The van der Waals surface area contributed by atoms with Gasteiger partial charge in [-0.1, -0.05) is 0 Å². The average molecular weight is 198 g/mol. The molecular weight excluding hydrogens is 180 g/mol. The second-order valence-corrected chi connectivity index (χ2v) is 2.87. The highest BCUT2D eigenvalue weighted by Gasteiger charge is 1.96. The molecule has 5 nitrogen and oxygen atoms in total. The maximum Gasteiger partial charge on any atom is 0.131 e. The molecule has 0 spiro atoms. The van der Waals surface area contributed by atoms with E-state index in [2.05, 4.69) is 15.3 Å². The Bertz CT molecular complexity index is 245. The molecule has 0 aliphatic carbocycles. The summed E-state index contributed by atoms with van der Waals surface area (Å²) in [5.74, 6) is 0.668. The second-order valence-electron chi connectivity index (χ2n) is 2.87. The van der Waals surface area contributed by atoms with Crippen molar-refractivity contribution in [3.8, 4) is 0 Å². The highest BCUT2D eigenvalue weighted by Crippen LogP contribution is 1.99. The van der Waals surface area contributed by atoms with Crippen LogP contribution in [0.2, 0.25) is 0 Å². The summed E-state index contributed by atoms with van der Waals surface area (Å²) in [6.07, 6.45) is 2.89. The molecule has 80 valence electrons. The molecule has 0 fully saturated rings. The van der Waals surface area contributed by atoms with Crippen LogP contribution >= 0.6 is 0 Å². The fourth-order valence-electron chi connectivity index (χ4n) is 0.785. The molecule has 0 saturated heterocycles. The van der Waals surface area contributed by atoms with E-state index in [1.807, 2.05) is 13.8 Å². The maximum absolute atomic E-state index is 8.75. The maximum atomic E-state index is 8.75. The summed E-state index contributed by atoms with van der Waals surface area (Å²) in [4.78, 5) is 8.02. The molecule has 0 aromatic carbocycles. The van der Waals surface area contributed by atoms with E-state index in [0.29, 0.717) is 5.82 Å². The summed E-state index contributed by atoms with van der Waals surface area (Å²) in [5.41, 5.74) is 6.04. The minimum atomic E-state index is -0.0927. The zero-order valence-electron chi connectivity index (χ0n) is 8.86. The third-order valence-corrected chi connectivity index (χ3v) is 1.60. The summed E-state index contributed by atoms with van der Waals surface area (Å²) < 4.78 is 0. The van der Waals surface area contributed by atoms with E-state index in [1.165, 1.54) is 6.34 Å². The topological polar surface area (TPSA) is 83.0 Å². The molecule has 4 N–H and O–H groups in total. The molecule has 0 aromatic rings. The van der Waals surface area contributed by atoms with Crippen molar-refractivity contribution in [1.82, 2.24) is 5.32 Å². The minimum Gasteiger partial charge on any atom is -0.394 e. The van der Waals surface area contributed by atoms with Gasteiger partial charge >= 0.3 is 0 Å². The molecule has 14 heavy (non-hydrogen) atoms. The SMILES string of the molecule is CNC(N=CN)=C(C)C=N[C@H](C)CO. The summed E-state index contributed by atoms with van der Waals surface area (Å²) in [7, 11) is 1.76. The third-order valence-electron chi connectivity index (χ3n) is 1.60. The van der Waals surface area contributed by atoms with Crippen LogP contribution in [0.4, 0.5) is 0 Å².